The molecule has 0 saturated carbocycles. The first-order valence-corrected chi connectivity index (χ1v) is 7.16. The van der Waals surface area contributed by atoms with Gasteiger partial charge in [0.25, 0.3) is 0 Å². The van der Waals surface area contributed by atoms with E-state index in [1.54, 1.807) is 0 Å². The van der Waals surface area contributed by atoms with Crippen molar-refractivity contribution in [1.29, 1.82) is 0 Å². The molecule has 0 unspecified atom stereocenters. The maximum absolute atomic E-state index is 12.0. The molecule has 1 nitrogen and oxygen atoms in total. The highest BCUT2D eigenvalue weighted by Gasteiger charge is 2.11. The molecule has 0 aliphatic heterocycles. The van der Waals surface area contributed by atoms with Gasteiger partial charge in [-0.3, -0.25) is 4.79 Å². The van der Waals surface area contributed by atoms with Crippen LogP contribution < -0.4 is 0 Å². The number of benzene rings is 1. The largest absolute Gasteiger partial charge is 0.293 e. The standard InChI is InChI=1S/C14H13BrOS/c1-10-3-2-4-11(9-10)5-6-13(16)14-12(15)7-8-17-14/h2-4,7-9H,5-6H2,1H3. The van der Waals surface area contributed by atoms with Gasteiger partial charge in [0.2, 0.25) is 0 Å². The molecule has 1 aromatic heterocycles. The fraction of sp³-hybridized carbons (Fsp3) is 0.214. The molecule has 2 rings (SSSR count). The van der Waals surface area contributed by atoms with Gasteiger partial charge in [-0.05, 0) is 46.3 Å². The molecule has 0 aliphatic carbocycles. The van der Waals surface area contributed by atoms with Crippen molar-refractivity contribution >= 4 is 33.0 Å². The molecule has 0 amide bonds. The molecule has 3 heteroatoms. The number of aryl methyl sites for hydroxylation is 2. The zero-order valence-corrected chi connectivity index (χ0v) is 12.0. The van der Waals surface area contributed by atoms with Crippen LogP contribution in [0.25, 0.3) is 0 Å². The van der Waals surface area contributed by atoms with Gasteiger partial charge in [-0.25, -0.2) is 0 Å². The Morgan fingerprint density at radius 2 is 2.18 bits per heavy atom. The minimum absolute atomic E-state index is 0.216. The molecule has 0 saturated heterocycles. The summed E-state index contributed by atoms with van der Waals surface area (Å²) in [6, 6.07) is 10.2. The summed E-state index contributed by atoms with van der Waals surface area (Å²) in [5.41, 5.74) is 2.47. The maximum atomic E-state index is 12.0. The van der Waals surface area contributed by atoms with Gasteiger partial charge < -0.3 is 0 Å². The summed E-state index contributed by atoms with van der Waals surface area (Å²) in [6.07, 6.45) is 1.38. The Morgan fingerprint density at radius 3 is 2.82 bits per heavy atom. The summed E-state index contributed by atoms with van der Waals surface area (Å²) >= 11 is 4.89. The van der Waals surface area contributed by atoms with Crippen LogP contribution >= 0.6 is 27.3 Å². The number of hydrogen-bond donors (Lipinski definition) is 0. The maximum Gasteiger partial charge on any atom is 0.174 e. The van der Waals surface area contributed by atoms with Crippen molar-refractivity contribution < 1.29 is 4.79 Å². The first kappa shape index (κ1) is 12.5. The van der Waals surface area contributed by atoms with Crippen LogP contribution in [-0.2, 0) is 6.42 Å². The van der Waals surface area contributed by atoms with E-state index >= 15 is 0 Å². The minimum atomic E-state index is 0.216. The first-order chi connectivity index (χ1) is 8.16. The predicted molar refractivity (Wildman–Crippen MR) is 75.8 cm³/mol. The van der Waals surface area contributed by atoms with E-state index in [0.717, 1.165) is 15.8 Å². The van der Waals surface area contributed by atoms with Crippen molar-refractivity contribution in [3.05, 3.63) is 56.2 Å². The van der Waals surface area contributed by atoms with Crippen LogP contribution in [0, 0.1) is 6.92 Å². The number of ketones is 1. The third-order valence-corrected chi connectivity index (χ3v) is 4.47. The number of carbonyl (C=O) groups excluding carboxylic acids is 1. The fourth-order valence-corrected chi connectivity index (χ4v) is 3.29. The average molecular weight is 309 g/mol. The van der Waals surface area contributed by atoms with Crippen molar-refractivity contribution in [2.75, 3.05) is 0 Å². The van der Waals surface area contributed by atoms with E-state index in [0.29, 0.717) is 6.42 Å². The second-order valence-corrected chi connectivity index (χ2v) is 5.78. The smallest absolute Gasteiger partial charge is 0.174 e. The van der Waals surface area contributed by atoms with Gasteiger partial charge in [-0.1, -0.05) is 29.8 Å². The van der Waals surface area contributed by atoms with Crippen LogP contribution in [0.5, 0.6) is 0 Å². The van der Waals surface area contributed by atoms with Gasteiger partial charge in [-0.2, -0.15) is 0 Å². The molecule has 0 aliphatic rings. The van der Waals surface area contributed by atoms with Crippen molar-refractivity contribution in [2.24, 2.45) is 0 Å². The molecule has 88 valence electrons. The highest BCUT2D eigenvalue weighted by Crippen LogP contribution is 2.24. The van der Waals surface area contributed by atoms with Crippen molar-refractivity contribution in [1.82, 2.24) is 0 Å². The number of thiophene rings is 1. The van der Waals surface area contributed by atoms with Gasteiger partial charge in [-0.15, -0.1) is 11.3 Å². The monoisotopic (exact) mass is 308 g/mol. The van der Waals surface area contributed by atoms with Crippen LogP contribution in [-0.4, -0.2) is 5.78 Å². The molecule has 2 aromatic rings. The zero-order valence-electron chi connectivity index (χ0n) is 9.57. The molecule has 1 heterocycles. The van der Waals surface area contributed by atoms with E-state index in [9.17, 15) is 4.79 Å². The number of hydrogen-bond acceptors (Lipinski definition) is 2. The molecular weight excluding hydrogens is 296 g/mol. The number of rotatable bonds is 4. The second-order valence-electron chi connectivity index (χ2n) is 4.01. The normalized spacial score (nSPS) is 10.5. The van der Waals surface area contributed by atoms with E-state index < -0.39 is 0 Å². The Bertz CT molecular complexity index is 531. The minimum Gasteiger partial charge on any atom is -0.293 e. The van der Waals surface area contributed by atoms with E-state index in [1.807, 2.05) is 17.5 Å². The van der Waals surface area contributed by atoms with Crippen LogP contribution in [0.3, 0.4) is 0 Å². The Kier molecular flexibility index (Phi) is 4.13. The Morgan fingerprint density at radius 1 is 1.35 bits per heavy atom. The van der Waals surface area contributed by atoms with Crippen LogP contribution in [0.4, 0.5) is 0 Å². The summed E-state index contributed by atoms with van der Waals surface area (Å²) < 4.78 is 0.914. The Hall–Kier alpha value is -0.930. The molecule has 0 radical (unpaired) electrons. The summed E-state index contributed by atoms with van der Waals surface area (Å²) in [4.78, 5) is 12.8. The lowest BCUT2D eigenvalue weighted by molar-refractivity contribution is 0.0986. The van der Waals surface area contributed by atoms with Crippen LogP contribution in [0.1, 0.15) is 27.2 Å². The number of carbonyl (C=O) groups is 1. The lowest BCUT2D eigenvalue weighted by atomic mass is 10.0. The van der Waals surface area contributed by atoms with Gasteiger partial charge in [0.05, 0.1) is 4.88 Å². The third kappa shape index (κ3) is 3.27. The van der Waals surface area contributed by atoms with Gasteiger partial charge in [0.1, 0.15) is 0 Å². The van der Waals surface area contributed by atoms with Crippen molar-refractivity contribution in [3.63, 3.8) is 0 Å². The topological polar surface area (TPSA) is 17.1 Å². The number of Topliss-reactive ketones (excluding diaryl/α,β-unsaturated/α-hetero) is 1. The van der Waals surface area contributed by atoms with Gasteiger partial charge in [0.15, 0.2) is 5.78 Å². The predicted octanol–water partition coefficient (Wildman–Crippen LogP) is 4.63. The SMILES string of the molecule is Cc1cccc(CCC(=O)c2sccc2Br)c1. The fourth-order valence-electron chi connectivity index (χ4n) is 1.73. The Balaban J connectivity index is 1.99. The van der Waals surface area contributed by atoms with E-state index in [4.69, 9.17) is 0 Å². The van der Waals surface area contributed by atoms with Gasteiger partial charge in [0, 0.05) is 10.9 Å². The number of halogens is 1. The molecule has 0 fully saturated rings. The summed E-state index contributed by atoms with van der Waals surface area (Å²) in [5.74, 6) is 0.216. The highest BCUT2D eigenvalue weighted by atomic mass is 79.9. The van der Waals surface area contributed by atoms with Crippen molar-refractivity contribution in [3.8, 4) is 0 Å². The molecule has 1 aromatic carbocycles. The summed E-state index contributed by atoms with van der Waals surface area (Å²) in [7, 11) is 0. The van der Waals surface area contributed by atoms with Gasteiger partial charge >= 0.3 is 0 Å². The molecule has 0 bridgehead atoms. The van der Waals surface area contributed by atoms with Crippen LogP contribution in [0.15, 0.2) is 40.2 Å². The average Bonchev–Trinajstić information content (AvgIpc) is 2.72. The molecule has 0 atom stereocenters. The van der Waals surface area contributed by atoms with E-state index in [-0.39, 0.29) is 5.78 Å². The molecule has 0 spiro atoms. The van der Waals surface area contributed by atoms with Crippen LogP contribution in [0.2, 0.25) is 0 Å². The third-order valence-electron chi connectivity index (χ3n) is 2.59. The second kappa shape index (κ2) is 5.61. The zero-order chi connectivity index (χ0) is 12.3. The summed E-state index contributed by atoms with van der Waals surface area (Å²) in [6.45, 7) is 2.07. The molecule has 0 N–H and O–H groups in total. The molecular formula is C14H13BrOS. The van der Waals surface area contributed by atoms with Crippen molar-refractivity contribution in [2.45, 2.75) is 19.8 Å². The Labute approximate surface area is 114 Å². The molecule has 17 heavy (non-hydrogen) atoms. The quantitative estimate of drug-likeness (QED) is 0.752. The highest BCUT2D eigenvalue weighted by molar-refractivity contribution is 9.10. The first-order valence-electron chi connectivity index (χ1n) is 5.48. The van der Waals surface area contributed by atoms with E-state index in [1.165, 1.54) is 22.5 Å². The summed E-state index contributed by atoms with van der Waals surface area (Å²) in [5, 5.41) is 1.93. The lowest BCUT2D eigenvalue weighted by Crippen LogP contribution is -1.99. The van der Waals surface area contributed by atoms with E-state index in [2.05, 4.69) is 41.1 Å². The lowest BCUT2D eigenvalue weighted by Gasteiger charge is -2.02.